The Morgan fingerprint density at radius 1 is 0.358 bits per heavy atom. The van der Waals surface area contributed by atoms with E-state index in [2.05, 4.69) is 73.3 Å². The lowest BCUT2D eigenvalue weighted by atomic mass is 10.0. The summed E-state index contributed by atoms with van der Waals surface area (Å²) >= 11 is 0. The number of rotatable bonds is 25. The number of aromatic amines is 4. The number of H-pyrrole nitrogens is 4. The van der Waals surface area contributed by atoms with Crippen LogP contribution in [0.5, 0.6) is 23.0 Å². The van der Waals surface area contributed by atoms with Gasteiger partial charge in [0.1, 0.15) is 52.4 Å². The number of carboxylic acid groups (broad SMARTS) is 3. The van der Waals surface area contributed by atoms with Crippen LogP contribution in [-0.2, 0) is 50.8 Å². The highest BCUT2D eigenvalue weighted by Crippen LogP contribution is 2.34. The van der Waals surface area contributed by atoms with E-state index in [1.165, 1.54) is 24.3 Å². The minimum Gasteiger partial charge on any atom is -0.486 e. The van der Waals surface area contributed by atoms with Gasteiger partial charge in [0.2, 0.25) is 5.76 Å². The molecule has 0 radical (unpaired) electrons. The van der Waals surface area contributed by atoms with Crippen molar-refractivity contribution in [3.05, 3.63) is 390 Å². The van der Waals surface area contributed by atoms with E-state index in [0.717, 1.165) is 132 Å². The number of aliphatic carboxylic acids is 3. The molecular weight excluding hydrogens is 1510 g/mol. The van der Waals surface area contributed by atoms with E-state index in [1.54, 1.807) is 30.3 Å². The molecule has 0 unspecified atom stereocenters. The Kier molecular flexibility index (Phi) is 20.4. The van der Waals surface area contributed by atoms with Crippen LogP contribution in [0.1, 0.15) is 67.3 Å². The first kappa shape index (κ1) is 75.2. The Hall–Kier alpha value is -17.5. The average molecular weight is 1580 g/mol. The number of hydrogen-bond donors (Lipinski definition) is 7. The molecule has 580 valence electrons. The van der Waals surface area contributed by atoms with Crippen LogP contribution in [0.25, 0.3) is 95.1 Å². The van der Waals surface area contributed by atoms with Crippen molar-refractivity contribution in [1.82, 2.24) is 38.2 Å². The van der Waals surface area contributed by atoms with Gasteiger partial charge in [0, 0.05) is 113 Å². The third-order valence-electron chi connectivity index (χ3n) is 20.7. The normalized spacial score (nSPS) is 12.5. The highest BCUT2D eigenvalue weighted by Gasteiger charge is 2.22. The predicted octanol–water partition coefficient (Wildman–Crippen LogP) is 14.6. The monoisotopic (exact) mass is 1580 g/mol. The molecule has 0 saturated carbocycles. The van der Waals surface area contributed by atoms with Crippen molar-refractivity contribution in [3.8, 4) is 41.2 Å². The van der Waals surface area contributed by atoms with Crippen LogP contribution in [0.3, 0.4) is 0 Å². The lowest BCUT2D eigenvalue weighted by molar-refractivity contribution is -0.133. The highest BCUT2D eigenvalue weighted by atomic mass is 16.5. The number of nitrogens with zero attached hydrogens (tertiary/aromatic N) is 8. The number of carboxylic acids is 3. The zero-order valence-electron chi connectivity index (χ0n) is 63.2. The molecule has 0 aliphatic carbocycles. The molecular formula is C96H64N12O12. The topological polar surface area (TPSA) is 334 Å². The van der Waals surface area contributed by atoms with Crippen molar-refractivity contribution in [1.29, 1.82) is 15.8 Å². The maximum atomic E-state index is 11.6. The Balaban J connectivity index is 0.758. The number of allylic oxidation sites excluding steroid dienone is 1. The number of carbonyl (C=O) groups is 4. The van der Waals surface area contributed by atoms with Gasteiger partial charge in [-0.1, -0.05) is 72.8 Å². The first-order valence-electron chi connectivity index (χ1n) is 37.4. The third kappa shape index (κ3) is 15.5. The molecule has 9 heterocycles. The molecule has 8 bridgehead atoms. The van der Waals surface area contributed by atoms with Crippen LogP contribution in [0.2, 0.25) is 0 Å². The second-order valence-corrected chi connectivity index (χ2v) is 28.0. The largest absolute Gasteiger partial charge is 0.486 e. The van der Waals surface area contributed by atoms with Gasteiger partial charge in [-0.15, -0.1) is 0 Å². The zero-order valence-corrected chi connectivity index (χ0v) is 63.2. The molecule has 8 aromatic carbocycles. The molecule has 7 N–H and O–H groups in total. The number of benzene rings is 8. The van der Waals surface area contributed by atoms with E-state index >= 15 is 0 Å². The number of fused-ring (bicyclic) bond motifs is 12. The van der Waals surface area contributed by atoms with Gasteiger partial charge in [-0.05, 0) is 239 Å². The summed E-state index contributed by atoms with van der Waals surface area (Å²) in [7, 11) is 0. The first-order chi connectivity index (χ1) is 58.6. The van der Waals surface area contributed by atoms with E-state index in [1.807, 2.05) is 225 Å². The first-order valence-corrected chi connectivity index (χ1v) is 37.4. The molecule has 0 spiro atoms. The summed E-state index contributed by atoms with van der Waals surface area (Å²) in [5.41, 5.74) is 14.6. The van der Waals surface area contributed by atoms with Crippen molar-refractivity contribution in [3.63, 3.8) is 0 Å². The Morgan fingerprint density at radius 3 is 0.908 bits per heavy atom. The van der Waals surface area contributed by atoms with Gasteiger partial charge in [-0.3, -0.25) is 9.59 Å². The van der Waals surface area contributed by atoms with Gasteiger partial charge < -0.3 is 77.2 Å². The number of aromatic nitrogens is 8. The summed E-state index contributed by atoms with van der Waals surface area (Å²) in [6.07, 6.45) is 13.1. The number of hydrogen-bond acceptors (Lipinski definition) is 12. The summed E-state index contributed by atoms with van der Waals surface area (Å²) in [6.45, 7) is 8.19. The number of nitriles is 3. The number of nitrogens with one attached hydrogen (secondary N) is 4. The molecule has 0 amide bonds. The van der Waals surface area contributed by atoms with Crippen LogP contribution in [0.4, 0.5) is 0 Å². The Bertz CT molecular complexity index is 6920. The molecule has 1 aliphatic heterocycles. The smallest absolute Gasteiger partial charge is 0.346 e. The van der Waals surface area contributed by atoms with Crippen molar-refractivity contribution >= 4 is 115 Å². The molecule has 24 nitrogen and oxygen atoms in total. The maximum Gasteiger partial charge on any atom is 0.346 e. The fourth-order valence-electron chi connectivity index (χ4n) is 14.9. The van der Waals surface area contributed by atoms with Crippen molar-refractivity contribution in [2.75, 3.05) is 0 Å². The summed E-state index contributed by atoms with van der Waals surface area (Å²) < 4.78 is 38.5. The fraction of sp³-hybridized carbons (Fsp3) is 0.0417. The number of ether oxygens (including phenoxy) is 5. The molecule has 120 heavy (non-hydrogen) atoms. The van der Waals surface area contributed by atoms with E-state index in [9.17, 15) is 50.3 Å². The van der Waals surface area contributed by atoms with Crippen molar-refractivity contribution in [2.45, 2.75) is 26.9 Å². The predicted molar refractivity (Wildman–Crippen MR) is 450 cm³/mol. The lowest BCUT2D eigenvalue weighted by Crippen LogP contribution is -2.19. The zero-order chi connectivity index (χ0) is 82.5. The molecule has 0 atom stereocenters. The van der Waals surface area contributed by atoms with Crippen molar-refractivity contribution < 1.29 is 58.2 Å². The minimum absolute atomic E-state index is 0.126. The SMILES string of the molecule is [C-]#[N+]/C(=C\c1ccc2c(ccn2COc2ccc(C3=c4ccc([nH]4)=C(c4ccc(OCn5ccc6cc(/C=C(/C#N)C(=O)O)ccc65)cc4)c4ccc([nH]4)C(c4ccc(OCn5ccc6cc(/C=C(\C#N)OC=O)ccc65)cc4)=c4ccc([nH]4)=C(c4ccc(OCn5ccc6cc(/C=C(/C#N)C(=O)O)ccc65)cc4)c4ccc3[nH]4)cc2)c1)C(=O)O. The van der Waals surface area contributed by atoms with E-state index in [-0.39, 0.29) is 56.0 Å². The Morgan fingerprint density at radius 2 is 0.650 bits per heavy atom. The van der Waals surface area contributed by atoms with E-state index in [0.29, 0.717) is 45.3 Å². The van der Waals surface area contributed by atoms with Crippen LogP contribution < -0.4 is 40.3 Å². The average Bonchev–Trinajstić information content (AvgIpc) is 1.61. The lowest BCUT2D eigenvalue weighted by Gasteiger charge is -2.13. The molecule has 1 aliphatic rings. The molecule has 24 heteroatoms. The minimum atomic E-state index is -1.30. The highest BCUT2D eigenvalue weighted by molar-refractivity contribution is 5.99. The van der Waals surface area contributed by atoms with Gasteiger partial charge in [-0.2, -0.15) is 15.8 Å². The van der Waals surface area contributed by atoms with E-state index < -0.39 is 17.9 Å². The Labute approximate surface area is 681 Å². The van der Waals surface area contributed by atoms with Crippen LogP contribution in [0, 0.1) is 40.6 Å². The summed E-state index contributed by atoms with van der Waals surface area (Å²) in [5, 5.41) is 63.3. The van der Waals surface area contributed by atoms with Crippen molar-refractivity contribution in [2.24, 2.45) is 0 Å². The van der Waals surface area contributed by atoms with E-state index in [4.69, 9.17) is 30.3 Å². The summed E-state index contributed by atoms with van der Waals surface area (Å²) in [4.78, 5) is 64.6. The molecule has 0 fully saturated rings. The summed E-state index contributed by atoms with van der Waals surface area (Å²) in [5.74, 6) is -1.63. The van der Waals surface area contributed by atoms with Gasteiger partial charge in [-0.25, -0.2) is 14.4 Å². The molecule has 17 rings (SSSR count). The van der Waals surface area contributed by atoms with Crippen LogP contribution in [-0.4, -0.2) is 77.9 Å². The molecule has 8 aromatic heterocycles. The fourth-order valence-corrected chi connectivity index (χ4v) is 14.9. The quantitative estimate of drug-likeness (QED) is 0.00919. The summed E-state index contributed by atoms with van der Waals surface area (Å²) in [6, 6.07) is 83.2. The van der Waals surface area contributed by atoms with Gasteiger partial charge in [0.05, 0.1) is 28.6 Å². The van der Waals surface area contributed by atoms with Gasteiger partial charge >= 0.3 is 17.9 Å². The van der Waals surface area contributed by atoms with Gasteiger partial charge in [0.15, 0.2) is 26.9 Å². The van der Waals surface area contributed by atoms with Crippen LogP contribution in [0.15, 0.2) is 290 Å². The number of carbonyl (C=O) groups excluding carboxylic acids is 1. The molecule has 16 aromatic rings. The van der Waals surface area contributed by atoms with Gasteiger partial charge in [0.25, 0.3) is 12.2 Å². The maximum absolute atomic E-state index is 11.6. The molecule has 0 saturated heterocycles. The van der Waals surface area contributed by atoms with Crippen LogP contribution >= 0.6 is 0 Å². The standard InChI is InChI=1S/C96H64N12O12/c1-100-85(96(114)115)49-61-5-33-89-69(45-61)37-41-108(89)56-119-75-20-12-65(13-21-75)93-83-28-24-79(103-83)90(62-6-14-72(15-7-62)116-53-105-38-34-66-42-58(2-30-86(66)105)46-70(50-97)94(110)111)77-22-26-81(101-77)92(64-10-18-74(19-11-64)118-55-107-40-36-68-44-60(4-32-88(68)107)48-76(52-99)120-57-109)82-27-23-78(102-82)91(80-25-29-84(93)104-80)63-8-16-73(17-9-63)117-54-106-39-35-67-43-59(3-31-87(67)106)47-71(51-98)95(112)113/h2-49,57,101-104H,53-56H2,(H,110,111)(H,112,113)(H,114,115)/b70-46-,71-47-,76-48+,85-49-,90-77?,90-79?,91-78?,91-80?,92-81?,92-82?,93-83?,93-84?. The third-order valence-corrected chi connectivity index (χ3v) is 20.7. The second-order valence-electron chi connectivity index (χ2n) is 28.0. The second kappa shape index (κ2) is 32.6.